The minimum atomic E-state index is -3.91. The molecule has 0 spiro atoms. The Morgan fingerprint density at radius 2 is 1.50 bits per heavy atom. The van der Waals surface area contributed by atoms with Gasteiger partial charge in [-0.05, 0) is 36.8 Å². The van der Waals surface area contributed by atoms with Crippen LogP contribution < -0.4 is 5.32 Å². The van der Waals surface area contributed by atoms with Crippen molar-refractivity contribution in [2.45, 2.75) is 18.4 Å². The van der Waals surface area contributed by atoms with E-state index in [4.69, 9.17) is 23.2 Å². The summed E-state index contributed by atoms with van der Waals surface area (Å²) in [5, 5.41) is 3.16. The van der Waals surface area contributed by atoms with E-state index in [0.717, 1.165) is 15.4 Å². The van der Waals surface area contributed by atoms with Crippen molar-refractivity contribution in [3.63, 3.8) is 0 Å². The van der Waals surface area contributed by atoms with Gasteiger partial charge in [0, 0.05) is 6.54 Å². The molecule has 3 aromatic rings. The van der Waals surface area contributed by atoms with E-state index in [-0.39, 0.29) is 27.2 Å². The number of carbonyl (C=O) groups is 1. The van der Waals surface area contributed by atoms with Crippen molar-refractivity contribution >= 4 is 44.8 Å². The first kappa shape index (κ1) is 22.3. The van der Waals surface area contributed by atoms with Crippen LogP contribution in [0.4, 0.5) is 5.69 Å². The van der Waals surface area contributed by atoms with Crippen LogP contribution in [0, 0.1) is 6.92 Å². The number of hydrogen-bond donors (Lipinski definition) is 1. The minimum Gasteiger partial charge on any atom is -0.322 e. The van der Waals surface area contributed by atoms with E-state index in [0.29, 0.717) is 0 Å². The standard InChI is InChI=1S/C22H20Cl2N2O3S/c1-16-10-12-17(13-11-16)14-26(30(28,29)18-6-3-2-4-7-18)15-21(27)25-22-19(23)8-5-9-20(22)24/h2-13H,14-15H2,1H3,(H,25,27). The monoisotopic (exact) mass is 462 g/mol. The smallest absolute Gasteiger partial charge is 0.243 e. The van der Waals surface area contributed by atoms with E-state index >= 15 is 0 Å². The molecule has 0 heterocycles. The van der Waals surface area contributed by atoms with Crippen LogP contribution in [0.2, 0.25) is 10.0 Å². The van der Waals surface area contributed by atoms with Gasteiger partial charge in [0.05, 0.1) is 27.2 Å². The number of halogens is 2. The molecule has 0 aliphatic heterocycles. The molecule has 3 aromatic carbocycles. The second-order valence-corrected chi connectivity index (χ2v) is 9.47. The average Bonchev–Trinajstić information content (AvgIpc) is 2.72. The van der Waals surface area contributed by atoms with Gasteiger partial charge in [0.2, 0.25) is 15.9 Å². The van der Waals surface area contributed by atoms with Crippen LogP contribution >= 0.6 is 23.2 Å². The number of nitrogens with zero attached hydrogens (tertiary/aromatic N) is 1. The van der Waals surface area contributed by atoms with Crippen molar-refractivity contribution in [2.24, 2.45) is 0 Å². The first-order valence-electron chi connectivity index (χ1n) is 9.12. The maximum absolute atomic E-state index is 13.2. The summed E-state index contributed by atoms with van der Waals surface area (Å²) in [5.74, 6) is -0.545. The van der Waals surface area contributed by atoms with Crippen LogP contribution in [-0.2, 0) is 21.4 Å². The summed E-state index contributed by atoms with van der Waals surface area (Å²) in [6.45, 7) is 1.59. The Morgan fingerprint density at radius 3 is 2.10 bits per heavy atom. The molecule has 30 heavy (non-hydrogen) atoms. The highest BCUT2D eigenvalue weighted by atomic mass is 35.5. The third-order valence-corrected chi connectivity index (χ3v) is 6.84. The second-order valence-electron chi connectivity index (χ2n) is 6.72. The van der Waals surface area contributed by atoms with E-state index < -0.39 is 22.5 Å². The predicted molar refractivity (Wildman–Crippen MR) is 120 cm³/mol. The molecule has 3 rings (SSSR count). The molecule has 0 aromatic heterocycles. The van der Waals surface area contributed by atoms with Crippen molar-refractivity contribution in [3.8, 4) is 0 Å². The molecule has 0 atom stereocenters. The average molecular weight is 463 g/mol. The summed E-state index contributed by atoms with van der Waals surface area (Å²) in [4.78, 5) is 12.8. The maximum atomic E-state index is 13.2. The number of rotatable bonds is 7. The Labute approximate surface area is 186 Å². The molecule has 0 saturated carbocycles. The van der Waals surface area contributed by atoms with Crippen molar-refractivity contribution in [1.82, 2.24) is 4.31 Å². The summed E-state index contributed by atoms with van der Waals surface area (Å²) in [6, 6.07) is 20.3. The topological polar surface area (TPSA) is 66.5 Å². The number of sulfonamides is 1. The van der Waals surface area contributed by atoms with Crippen LogP contribution in [0.15, 0.2) is 77.7 Å². The van der Waals surface area contributed by atoms with Gasteiger partial charge in [0.15, 0.2) is 0 Å². The van der Waals surface area contributed by atoms with E-state index in [1.807, 2.05) is 31.2 Å². The summed E-state index contributed by atoms with van der Waals surface area (Å²) in [7, 11) is -3.91. The summed E-state index contributed by atoms with van der Waals surface area (Å²) >= 11 is 12.2. The number of para-hydroxylation sites is 1. The normalized spacial score (nSPS) is 11.5. The molecule has 0 aliphatic carbocycles. The molecule has 1 amide bonds. The minimum absolute atomic E-state index is 0.0428. The van der Waals surface area contributed by atoms with Gasteiger partial charge in [-0.15, -0.1) is 0 Å². The highest BCUT2D eigenvalue weighted by molar-refractivity contribution is 7.89. The fraction of sp³-hybridized carbons (Fsp3) is 0.136. The lowest BCUT2D eigenvalue weighted by Crippen LogP contribution is -2.37. The van der Waals surface area contributed by atoms with Crippen molar-refractivity contribution in [1.29, 1.82) is 0 Å². The van der Waals surface area contributed by atoms with E-state index in [1.54, 1.807) is 36.4 Å². The van der Waals surface area contributed by atoms with Gasteiger partial charge in [0.1, 0.15) is 0 Å². The molecule has 1 N–H and O–H groups in total. The van der Waals surface area contributed by atoms with Gasteiger partial charge in [-0.25, -0.2) is 8.42 Å². The number of hydrogen-bond acceptors (Lipinski definition) is 3. The van der Waals surface area contributed by atoms with Gasteiger partial charge in [-0.2, -0.15) is 4.31 Å². The lowest BCUT2D eigenvalue weighted by atomic mass is 10.1. The second kappa shape index (κ2) is 9.62. The molecule has 0 radical (unpaired) electrons. The molecule has 0 bridgehead atoms. The van der Waals surface area contributed by atoms with Crippen LogP contribution in [0.5, 0.6) is 0 Å². The zero-order valence-corrected chi connectivity index (χ0v) is 18.5. The van der Waals surface area contributed by atoms with E-state index in [2.05, 4.69) is 5.32 Å². The van der Waals surface area contributed by atoms with Gasteiger partial charge in [-0.1, -0.05) is 77.3 Å². The lowest BCUT2D eigenvalue weighted by Gasteiger charge is -2.22. The predicted octanol–water partition coefficient (Wildman–Crippen LogP) is 5.13. The fourth-order valence-electron chi connectivity index (χ4n) is 2.82. The highest BCUT2D eigenvalue weighted by Gasteiger charge is 2.27. The third-order valence-electron chi connectivity index (χ3n) is 4.41. The number of benzene rings is 3. The first-order chi connectivity index (χ1) is 14.3. The van der Waals surface area contributed by atoms with Crippen molar-refractivity contribution in [3.05, 3.63) is 94.0 Å². The zero-order valence-electron chi connectivity index (χ0n) is 16.2. The Balaban J connectivity index is 1.89. The molecule has 156 valence electrons. The van der Waals surface area contributed by atoms with Crippen molar-refractivity contribution < 1.29 is 13.2 Å². The number of carbonyl (C=O) groups excluding carboxylic acids is 1. The Bertz CT molecular complexity index is 1110. The fourth-order valence-corrected chi connectivity index (χ4v) is 4.72. The zero-order chi connectivity index (χ0) is 21.7. The molecule has 0 saturated heterocycles. The molecule has 5 nitrogen and oxygen atoms in total. The quantitative estimate of drug-likeness (QED) is 0.528. The summed E-state index contributed by atoms with van der Waals surface area (Å²) in [6.07, 6.45) is 0. The molecular weight excluding hydrogens is 443 g/mol. The van der Waals surface area contributed by atoms with E-state index in [1.165, 1.54) is 12.1 Å². The lowest BCUT2D eigenvalue weighted by molar-refractivity contribution is -0.116. The highest BCUT2D eigenvalue weighted by Crippen LogP contribution is 2.30. The first-order valence-corrected chi connectivity index (χ1v) is 11.3. The molecule has 0 aliphatic rings. The number of anilines is 1. The third kappa shape index (κ3) is 5.40. The Kier molecular flexibility index (Phi) is 7.15. The largest absolute Gasteiger partial charge is 0.322 e. The summed E-state index contributed by atoms with van der Waals surface area (Å²) in [5.41, 5.74) is 2.07. The Morgan fingerprint density at radius 1 is 0.900 bits per heavy atom. The Hall–Kier alpha value is -2.38. The number of amides is 1. The van der Waals surface area contributed by atoms with Crippen LogP contribution in [-0.4, -0.2) is 25.2 Å². The molecule has 0 unspecified atom stereocenters. The maximum Gasteiger partial charge on any atom is 0.243 e. The van der Waals surface area contributed by atoms with Crippen molar-refractivity contribution in [2.75, 3.05) is 11.9 Å². The van der Waals surface area contributed by atoms with Gasteiger partial charge in [0.25, 0.3) is 0 Å². The molecule has 0 fully saturated rings. The number of aryl methyl sites for hydroxylation is 1. The van der Waals surface area contributed by atoms with Crippen LogP contribution in [0.3, 0.4) is 0 Å². The van der Waals surface area contributed by atoms with Gasteiger partial charge < -0.3 is 5.32 Å². The number of nitrogens with one attached hydrogen (secondary N) is 1. The van der Waals surface area contributed by atoms with Crippen LogP contribution in [0.25, 0.3) is 0 Å². The van der Waals surface area contributed by atoms with Gasteiger partial charge >= 0.3 is 0 Å². The van der Waals surface area contributed by atoms with Gasteiger partial charge in [-0.3, -0.25) is 4.79 Å². The van der Waals surface area contributed by atoms with Crippen LogP contribution in [0.1, 0.15) is 11.1 Å². The molecular formula is C22H20Cl2N2O3S. The summed E-state index contributed by atoms with van der Waals surface area (Å²) < 4.78 is 27.6. The molecule has 8 heteroatoms. The SMILES string of the molecule is Cc1ccc(CN(CC(=O)Nc2c(Cl)cccc2Cl)S(=O)(=O)c2ccccc2)cc1. The van der Waals surface area contributed by atoms with E-state index in [9.17, 15) is 13.2 Å².